The lowest BCUT2D eigenvalue weighted by Crippen LogP contribution is -1.96. The maximum absolute atomic E-state index is 13.3. The van der Waals surface area contributed by atoms with Crippen LogP contribution in [-0.2, 0) is 0 Å². The van der Waals surface area contributed by atoms with E-state index in [0.717, 1.165) is 15.6 Å². The van der Waals surface area contributed by atoms with Crippen molar-refractivity contribution >= 4 is 55.1 Å². The third-order valence-electron chi connectivity index (χ3n) is 2.46. The fourth-order valence-electron chi connectivity index (χ4n) is 1.59. The Morgan fingerprint density at radius 1 is 1.00 bits per heavy atom. The number of halogens is 5. The lowest BCUT2D eigenvalue weighted by atomic mass is 10.0. The molecule has 0 saturated heterocycles. The number of hydrogen-bond acceptors (Lipinski definition) is 0. The molecule has 0 amide bonds. The minimum absolute atomic E-state index is 0.228. The summed E-state index contributed by atoms with van der Waals surface area (Å²) in [6, 6.07) is 9.72. The standard InChI is InChI=1S/C13H7Br2Cl2F/c14-11-3-2-8(18)6-9(11)13(15)10-5-7(16)1-4-12(10)17/h1-6,13H. The first-order valence-electron chi connectivity index (χ1n) is 5.03. The fraction of sp³-hybridized carbons (Fsp3) is 0.0769. The molecule has 0 radical (unpaired) electrons. The Labute approximate surface area is 131 Å². The molecule has 0 spiro atoms. The van der Waals surface area contributed by atoms with E-state index in [1.807, 2.05) is 0 Å². The van der Waals surface area contributed by atoms with E-state index >= 15 is 0 Å². The van der Waals surface area contributed by atoms with Gasteiger partial charge < -0.3 is 0 Å². The third kappa shape index (κ3) is 3.08. The molecule has 0 aliphatic rings. The van der Waals surface area contributed by atoms with Crippen LogP contribution in [0.25, 0.3) is 0 Å². The van der Waals surface area contributed by atoms with Crippen LogP contribution in [0.1, 0.15) is 16.0 Å². The van der Waals surface area contributed by atoms with Crippen LogP contribution < -0.4 is 0 Å². The predicted octanol–water partition coefficient (Wildman–Crippen LogP) is 6.38. The van der Waals surface area contributed by atoms with Gasteiger partial charge in [-0.05, 0) is 47.5 Å². The summed E-state index contributed by atoms with van der Waals surface area (Å²) in [4.78, 5) is -0.228. The van der Waals surface area contributed by atoms with E-state index in [0.29, 0.717) is 10.0 Å². The van der Waals surface area contributed by atoms with Gasteiger partial charge in [-0.2, -0.15) is 0 Å². The molecule has 0 nitrogen and oxygen atoms in total. The van der Waals surface area contributed by atoms with Gasteiger partial charge in [-0.25, -0.2) is 4.39 Å². The molecule has 0 fully saturated rings. The number of rotatable bonds is 2. The Morgan fingerprint density at radius 3 is 2.44 bits per heavy atom. The molecule has 1 atom stereocenters. The normalized spacial score (nSPS) is 12.5. The monoisotopic (exact) mass is 410 g/mol. The number of benzene rings is 2. The van der Waals surface area contributed by atoms with Crippen LogP contribution in [-0.4, -0.2) is 0 Å². The molecular weight excluding hydrogens is 406 g/mol. The second-order valence-electron chi connectivity index (χ2n) is 3.69. The first-order valence-corrected chi connectivity index (χ1v) is 7.49. The van der Waals surface area contributed by atoms with Gasteiger partial charge in [0, 0.05) is 14.5 Å². The second kappa shape index (κ2) is 5.91. The van der Waals surface area contributed by atoms with Gasteiger partial charge in [0.25, 0.3) is 0 Å². The molecule has 5 heteroatoms. The summed E-state index contributed by atoms with van der Waals surface area (Å²) in [5.74, 6) is -0.296. The first kappa shape index (κ1) is 14.3. The first-order chi connectivity index (χ1) is 8.49. The van der Waals surface area contributed by atoms with Crippen molar-refractivity contribution < 1.29 is 4.39 Å². The van der Waals surface area contributed by atoms with Gasteiger partial charge in [0.1, 0.15) is 5.82 Å². The average Bonchev–Trinajstić information content (AvgIpc) is 2.34. The molecule has 0 bridgehead atoms. The van der Waals surface area contributed by atoms with E-state index in [1.165, 1.54) is 12.1 Å². The van der Waals surface area contributed by atoms with Crippen LogP contribution in [0.2, 0.25) is 10.0 Å². The van der Waals surface area contributed by atoms with E-state index in [9.17, 15) is 4.39 Å². The van der Waals surface area contributed by atoms with Crippen molar-refractivity contribution in [1.82, 2.24) is 0 Å². The molecular formula is C13H7Br2Cl2F. The lowest BCUT2D eigenvalue weighted by Gasteiger charge is -2.14. The van der Waals surface area contributed by atoms with E-state index in [4.69, 9.17) is 23.2 Å². The summed E-state index contributed by atoms with van der Waals surface area (Å²) in [6.45, 7) is 0. The van der Waals surface area contributed by atoms with Gasteiger partial charge in [0.05, 0.1) is 4.83 Å². The highest BCUT2D eigenvalue weighted by atomic mass is 79.9. The molecule has 0 aliphatic carbocycles. The fourth-order valence-corrected chi connectivity index (χ4v) is 3.66. The van der Waals surface area contributed by atoms with Crippen LogP contribution in [0.15, 0.2) is 40.9 Å². The quantitative estimate of drug-likeness (QED) is 0.502. The summed E-state index contributed by atoms with van der Waals surface area (Å²) in [7, 11) is 0. The molecule has 2 aromatic carbocycles. The van der Waals surface area contributed by atoms with Crippen molar-refractivity contribution in [3.8, 4) is 0 Å². The van der Waals surface area contributed by atoms with Crippen molar-refractivity contribution in [3.05, 3.63) is 67.9 Å². The van der Waals surface area contributed by atoms with Crippen LogP contribution >= 0.6 is 55.1 Å². The van der Waals surface area contributed by atoms with Crippen LogP contribution in [0.3, 0.4) is 0 Å². The van der Waals surface area contributed by atoms with Crippen molar-refractivity contribution in [2.24, 2.45) is 0 Å². The maximum Gasteiger partial charge on any atom is 0.123 e. The highest BCUT2D eigenvalue weighted by molar-refractivity contribution is 9.11. The van der Waals surface area contributed by atoms with Gasteiger partial charge in [-0.15, -0.1) is 0 Å². The Balaban J connectivity index is 2.50. The molecule has 0 N–H and O–H groups in total. The van der Waals surface area contributed by atoms with Crippen LogP contribution in [0.4, 0.5) is 4.39 Å². The highest BCUT2D eigenvalue weighted by Gasteiger charge is 2.17. The Kier molecular flexibility index (Phi) is 4.70. The van der Waals surface area contributed by atoms with E-state index in [-0.39, 0.29) is 10.6 Å². The molecule has 2 rings (SSSR count). The summed E-state index contributed by atoms with van der Waals surface area (Å²) >= 11 is 19.0. The zero-order valence-corrected chi connectivity index (χ0v) is 13.6. The minimum atomic E-state index is -0.296. The molecule has 0 aliphatic heterocycles. The van der Waals surface area contributed by atoms with Gasteiger partial charge >= 0.3 is 0 Å². The van der Waals surface area contributed by atoms with Gasteiger partial charge in [0.15, 0.2) is 0 Å². The summed E-state index contributed by atoms with van der Waals surface area (Å²) in [5, 5.41) is 1.17. The predicted molar refractivity (Wildman–Crippen MR) is 81.3 cm³/mol. The van der Waals surface area contributed by atoms with E-state index < -0.39 is 0 Å². The minimum Gasteiger partial charge on any atom is -0.207 e. The second-order valence-corrected chi connectivity index (χ2v) is 6.31. The van der Waals surface area contributed by atoms with E-state index in [1.54, 1.807) is 24.3 Å². The Morgan fingerprint density at radius 2 is 1.72 bits per heavy atom. The molecule has 18 heavy (non-hydrogen) atoms. The number of alkyl halides is 1. The number of hydrogen-bond donors (Lipinski definition) is 0. The molecule has 0 saturated carbocycles. The smallest absolute Gasteiger partial charge is 0.123 e. The van der Waals surface area contributed by atoms with Crippen LogP contribution in [0.5, 0.6) is 0 Å². The van der Waals surface area contributed by atoms with Crippen molar-refractivity contribution in [2.75, 3.05) is 0 Å². The molecule has 2 aromatic rings. The molecule has 0 aromatic heterocycles. The topological polar surface area (TPSA) is 0 Å². The zero-order valence-electron chi connectivity index (χ0n) is 8.93. The summed E-state index contributed by atoms with van der Waals surface area (Å²) in [6.07, 6.45) is 0. The zero-order chi connectivity index (χ0) is 13.3. The largest absolute Gasteiger partial charge is 0.207 e. The summed E-state index contributed by atoms with van der Waals surface area (Å²) < 4.78 is 14.1. The lowest BCUT2D eigenvalue weighted by molar-refractivity contribution is 0.625. The van der Waals surface area contributed by atoms with Crippen molar-refractivity contribution in [3.63, 3.8) is 0 Å². The van der Waals surface area contributed by atoms with Crippen molar-refractivity contribution in [2.45, 2.75) is 4.83 Å². The molecule has 0 heterocycles. The molecule has 94 valence electrons. The van der Waals surface area contributed by atoms with Gasteiger partial charge in [-0.1, -0.05) is 55.1 Å². The Hall–Kier alpha value is -0.0900. The molecule has 1 unspecified atom stereocenters. The highest BCUT2D eigenvalue weighted by Crippen LogP contribution is 2.39. The average molecular weight is 413 g/mol. The van der Waals surface area contributed by atoms with Gasteiger partial charge in [-0.3, -0.25) is 0 Å². The SMILES string of the molecule is Fc1ccc(Br)c(C(Br)c2cc(Cl)ccc2Cl)c1. The van der Waals surface area contributed by atoms with Crippen LogP contribution in [0, 0.1) is 5.82 Å². The third-order valence-corrected chi connectivity index (χ3v) is 4.75. The summed E-state index contributed by atoms with van der Waals surface area (Å²) in [5.41, 5.74) is 1.56. The van der Waals surface area contributed by atoms with E-state index in [2.05, 4.69) is 31.9 Å². The Bertz CT molecular complexity index is 536. The van der Waals surface area contributed by atoms with Gasteiger partial charge in [0.2, 0.25) is 0 Å². The van der Waals surface area contributed by atoms with Crippen molar-refractivity contribution in [1.29, 1.82) is 0 Å². The maximum atomic E-state index is 13.3.